The molecule has 80 valence electrons. The zero-order valence-electron chi connectivity index (χ0n) is 9.09. The van der Waals surface area contributed by atoms with Crippen LogP contribution in [0.15, 0.2) is 22.7 Å². The number of hydrogen-bond acceptors (Lipinski definition) is 1. The van der Waals surface area contributed by atoms with Crippen LogP contribution >= 0.6 is 15.9 Å². The van der Waals surface area contributed by atoms with E-state index >= 15 is 0 Å². The second-order valence-corrected chi connectivity index (χ2v) is 4.32. The molecule has 0 spiro atoms. The molecule has 0 aliphatic heterocycles. The Kier molecular flexibility index (Phi) is 4.71. The lowest BCUT2D eigenvalue weighted by Crippen LogP contribution is -1.97. The molecule has 0 fully saturated rings. The summed E-state index contributed by atoms with van der Waals surface area (Å²) in [6.45, 7) is 4.70. The first-order chi connectivity index (χ1) is 7.17. The van der Waals surface area contributed by atoms with E-state index in [-0.39, 0.29) is 5.92 Å². The molecule has 1 aromatic rings. The van der Waals surface area contributed by atoms with E-state index in [9.17, 15) is 0 Å². The second kappa shape index (κ2) is 5.82. The van der Waals surface area contributed by atoms with Crippen molar-refractivity contribution in [2.75, 3.05) is 6.61 Å². The van der Waals surface area contributed by atoms with Crippen molar-refractivity contribution in [2.45, 2.75) is 20.3 Å². The van der Waals surface area contributed by atoms with Crippen LogP contribution < -0.4 is 4.74 Å². The highest BCUT2D eigenvalue weighted by Crippen LogP contribution is 2.26. The summed E-state index contributed by atoms with van der Waals surface area (Å²) in [6, 6.07) is 6.11. The van der Waals surface area contributed by atoms with Crippen molar-refractivity contribution < 1.29 is 4.74 Å². The van der Waals surface area contributed by atoms with E-state index in [4.69, 9.17) is 11.2 Å². The average Bonchev–Trinajstić information content (AvgIpc) is 2.22. The molecule has 0 saturated carbocycles. The van der Waals surface area contributed by atoms with Crippen molar-refractivity contribution in [3.63, 3.8) is 0 Å². The van der Waals surface area contributed by atoms with Gasteiger partial charge >= 0.3 is 0 Å². The topological polar surface area (TPSA) is 9.23 Å². The molecule has 0 aliphatic carbocycles. The van der Waals surface area contributed by atoms with Gasteiger partial charge in [-0.05, 0) is 47.0 Å². The smallest absolute Gasteiger partial charge is 0.133 e. The number of rotatable bonds is 4. The van der Waals surface area contributed by atoms with Gasteiger partial charge in [-0.15, -0.1) is 12.3 Å². The molecule has 1 atom stereocenters. The molecule has 0 N–H and O–H groups in total. The fourth-order valence-electron chi connectivity index (χ4n) is 1.36. The Bertz CT molecular complexity index is 365. The third kappa shape index (κ3) is 3.60. The summed E-state index contributed by atoms with van der Waals surface area (Å²) in [7, 11) is 0. The molecule has 0 bridgehead atoms. The molecule has 0 aromatic heterocycles. The highest BCUT2D eigenvalue weighted by atomic mass is 79.9. The summed E-state index contributed by atoms with van der Waals surface area (Å²) >= 11 is 3.48. The minimum Gasteiger partial charge on any atom is -0.493 e. The number of ether oxygens (including phenoxy) is 1. The largest absolute Gasteiger partial charge is 0.493 e. The first kappa shape index (κ1) is 12.1. The Balaban J connectivity index is 2.78. The van der Waals surface area contributed by atoms with Gasteiger partial charge in [0, 0.05) is 5.92 Å². The molecule has 2 heteroatoms. The molecule has 0 saturated heterocycles. The second-order valence-electron chi connectivity index (χ2n) is 3.47. The lowest BCUT2D eigenvalue weighted by atomic mass is 10.0. The van der Waals surface area contributed by atoms with Crippen LogP contribution in [0.5, 0.6) is 5.75 Å². The van der Waals surface area contributed by atoms with Crippen LogP contribution in [0.3, 0.4) is 0 Å². The first-order valence-electron chi connectivity index (χ1n) is 5.04. The van der Waals surface area contributed by atoms with Gasteiger partial charge in [-0.2, -0.15) is 0 Å². The number of hydrogen-bond donors (Lipinski definition) is 0. The van der Waals surface area contributed by atoms with Crippen LogP contribution in [-0.2, 0) is 6.42 Å². The highest BCUT2D eigenvalue weighted by molar-refractivity contribution is 9.10. The third-order valence-electron chi connectivity index (χ3n) is 2.12. The van der Waals surface area contributed by atoms with Crippen molar-refractivity contribution in [1.82, 2.24) is 0 Å². The summed E-state index contributed by atoms with van der Waals surface area (Å²) in [4.78, 5) is 0. The Hall–Kier alpha value is -0.940. The van der Waals surface area contributed by atoms with E-state index in [0.717, 1.165) is 16.6 Å². The fraction of sp³-hybridized carbons (Fsp3) is 0.385. The zero-order chi connectivity index (χ0) is 11.3. The van der Waals surface area contributed by atoms with E-state index in [1.54, 1.807) is 0 Å². The maximum absolute atomic E-state index is 5.44. The molecule has 0 radical (unpaired) electrons. The third-order valence-corrected chi connectivity index (χ3v) is 2.74. The zero-order valence-corrected chi connectivity index (χ0v) is 10.7. The molecular weight excluding hydrogens is 252 g/mol. The quantitative estimate of drug-likeness (QED) is 0.756. The monoisotopic (exact) mass is 266 g/mol. The van der Waals surface area contributed by atoms with Gasteiger partial charge in [0.1, 0.15) is 5.75 Å². The minimum atomic E-state index is 0.273. The molecule has 1 unspecified atom stereocenters. The van der Waals surface area contributed by atoms with E-state index in [0.29, 0.717) is 6.61 Å². The summed E-state index contributed by atoms with van der Waals surface area (Å²) in [6.07, 6.45) is 6.25. The molecular formula is C13H15BrO. The van der Waals surface area contributed by atoms with Crippen LogP contribution in [-0.4, -0.2) is 6.61 Å². The summed E-state index contributed by atoms with van der Waals surface area (Å²) in [5.74, 6) is 3.88. The molecule has 1 nitrogen and oxygen atoms in total. The Labute approximate surface area is 100.0 Å². The van der Waals surface area contributed by atoms with Crippen LogP contribution in [0.4, 0.5) is 0 Å². The molecule has 15 heavy (non-hydrogen) atoms. The Morgan fingerprint density at radius 3 is 2.80 bits per heavy atom. The van der Waals surface area contributed by atoms with Crippen molar-refractivity contribution >= 4 is 15.9 Å². The molecule has 0 heterocycles. The van der Waals surface area contributed by atoms with Gasteiger partial charge < -0.3 is 4.74 Å². The summed E-state index contributed by atoms with van der Waals surface area (Å²) in [5, 5.41) is 0. The predicted molar refractivity (Wildman–Crippen MR) is 67.0 cm³/mol. The Morgan fingerprint density at radius 2 is 2.27 bits per heavy atom. The molecule has 0 aliphatic rings. The van der Waals surface area contributed by atoms with Crippen molar-refractivity contribution in [3.05, 3.63) is 28.2 Å². The summed E-state index contributed by atoms with van der Waals surface area (Å²) < 4.78 is 6.43. The lowest BCUT2D eigenvalue weighted by Gasteiger charge is -2.09. The van der Waals surface area contributed by atoms with Crippen molar-refractivity contribution in [3.8, 4) is 18.1 Å². The predicted octanol–water partition coefficient (Wildman–Crippen LogP) is 3.66. The van der Waals surface area contributed by atoms with Gasteiger partial charge in [0.2, 0.25) is 0 Å². The maximum atomic E-state index is 5.44. The molecule has 0 amide bonds. The minimum absolute atomic E-state index is 0.273. The number of terminal acetylenes is 1. The number of benzene rings is 1. The van der Waals surface area contributed by atoms with E-state index in [1.807, 2.05) is 19.9 Å². The fourth-order valence-corrected chi connectivity index (χ4v) is 1.90. The molecule has 1 aromatic carbocycles. The summed E-state index contributed by atoms with van der Waals surface area (Å²) in [5.41, 5.74) is 1.23. The van der Waals surface area contributed by atoms with E-state index in [1.165, 1.54) is 5.56 Å². The van der Waals surface area contributed by atoms with Gasteiger partial charge in [-0.1, -0.05) is 13.0 Å². The van der Waals surface area contributed by atoms with Crippen LogP contribution in [0, 0.1) is 18.3 Å². The van der Waals surface area contributed by atoms with Crippen LogP contribution in [0.2, 0.25) is 0 Å². The maximum Gasteiger partial charge on any atom is 0.133 e. The number of halogens is 1. The van der Waals surface area contributed by atoms with Crippen LogP contribution in [0.1, 0.15) is 19.4 Å². The average molecular weight is 267 g/mol. The van der Waals surface area contributed by atoms with Gasteiger partial charge in [0.15, 0.2) is 0 Å². The van der Waals surface area contributed by atoms with Gasteiger partial charge in [-0.3, -0.25) is 0 Å². The van der Waals surface area contributed by atoms with E-state index < -0.39 is 0 Å². The van der Waals surface area contributed by atoms with E-state index in [2.05, 4.69) is 34.0 Å². The normalized spacial score (nSPS) is 11.9. The van der Waals surface area contributed by atoms with Gasteiger partial charge in [-0.25, -0.2) is 0 Å². The van der Waals surface area contributed by atoms with Gasteiger partial charge in [0.25, 0.3) is 0 Å². The van der Waals surface area contributed by atoms with Crippen molar-refractivity contribution in [1.29, 1.82) is 0 Å². The lowest BCUT2D eigenvalue weighted by molar-refractivity contribution is 0.338. The Morgan fingerprint density at radius 1 is 1.53 bits per heavy atom. The van der Waals surface area contributed by atoms with Crippen LogP contribution in [0.25, 0.3) is 0 Å². The highest BCUT2D eigenvalue weighted by Gasteiger charge is 2.04. The standard InChI is InChI=1S/C13H15BrO/c1-4-10(3)8-11-6-7-13(15-5-2)12(14)9-11/h1,6-7,9-10H,5,8H2,2-3H3. The molecule has 1 rings (SSSR count). The van der Waals surface area contributed by atoms with Gasteiger partial charge in [0.05, 0.1) is 11.1 Å². The van der Waals surface area contributed by atoms with Crippen molar-refractivity contribution in [2.24, 2.45) is 5.92 Å². The SMILES string of the molecule is C#CC(C)Cc1ccc(OCC)c(Br)c1. The first-order valence-corrected chi connectivity index (χ1v) is 5.84.